The molecule has 0 aliphatic carbocycles. The summed E-state index contributed by atoms with van der Waals surface area (Å²) in [6.45, 7) is 8.61. The molecular weight excluding hydrogens is 404 g/mol. The molecule has 2 aromatic carbocycles. The normalized spacial score (nSPS) is 15.9. The van der Waals surface area contributed by atoms with Crippen LogP contribution in [0.25, 0.3) is 0 Å². The lowest BCUT2D eigenvalue weighted by Crippen LogP contribution is -2.47. The van der Waals surface area contributed by atoms with Gasteiger partial charge in [-0.1, -0.05) is 35.9 Å². The lowest BCUT2D eigenvalue weighted by Gasteiger charge is -2.35. The van der Waals surface area contributed by atoms with Crippen molar-refractivity contribution >= 4 is 5.95 Å². The Balaban J connectivity index is 1.22. The van der Waals surface area contributed by atoms with Gasteiger partial charge in [-0.05, 0) is 37.1 Å². The number of nitrogens with one attached hydrogen (secondary N) is 1. The number of piperazine rings is 1. The first-order valence-corrected chi connectivity index (χ1v) is 11.1. The summed E-state index contributed by atoms with van der Waals surface area (Å²) in [5, 5.41) is 0. The van der Waals surface area contributed by atoms with Crippen molar-refractivity contribution in [2.24, 2.45) is 0 Å². The first kappa shape index (κ1) is 20.6. The molecule has 0 amide bonds. The molecule has 0 radical (unpaired) electrons. The van der Waals surface area contributed by atoms with E-state index < -0.39 is 0 Å². The highest BCUT2D eigenvalue weighted by molar-refractivity contribution is 5.44. The van der Waals surface area contributed by atoms with E-state index in [1.807, 2.05) is 13.0 Å². The topological polar surface area (TPSA) is 70.7 Å². The molecule has 1 fully saturated rings. The van der Waals surface area contributed by atoms with Gasteiger partial charge in [-0.25, -0.2) is 4.98 Å². The molecule has 0 saturated carbocycles. The number of fused-ring (bicyclic) bond motifs is 1. The Bertz CT molecular complexity index is 1160. The largest absolute Gasteiger partial charge is 0.454 e. The number of ether oxygens (including phenoxy) is 2. The summed E-state index contributed by atoms with van der Waals surface area (Å²) in [6, 6.07) is 14.4. The van der Waals surface area contributed by atoms with Gasteiger partial charge in [0.1, 0.15) is 0 Å². The van der Waals surface area contributed by atoms with E-state index in [2.05, 4.69) is 58.1 Å². The Morgan fingerprint density at radius 3 is 2.41 bits per heavy atom. The van der Waals surface area contributed by atoms with Crippen LogP contribution in [0.5, 0.6) is 11.5 Å². The van der Waals surface area contributed by atoms with Gasteiger partial charge in [0.2, 0.25) is 12.7 Å². The Kier molecular flexibility index (Phi) is 5.57. The second-order valence-electron chi connectivity index (χ2n) is 8.57. The van der Waals surface area contributed by atoms with Crippen LogP contribution < -0.4 is 19.9 Å². The number of aromatic nitrogens is 2. The van der Waals surface area contributed by atoms with Crippen LogP contribution in [0.4, 0.5) is 5.95 Å². The molecule has 7 heteroatoms. The number of hydrogen-bond donors (Lipinski definition) is 1. The molecular formula is C25H28N4O3. The molecule has 2 aliphatic heterocycles. The van der Waals surface area contributed by atoms with Crippen molar-refractivity contribution in [3.63, 3.8) is 0 Å². The number of anilines is 1. The van der Waals surface area contributed by atoms with E-state index in [0.29, 0.717) is 19.2 Å². The van der Waals surface area contributed by atoms with E-state index in [1.165, 1.54) is 11.1 Å². The van der Waals surface area contributed by atoms with Crippen LogP contribution in [-0.4, -0.2) is 47.8 Å². The van der Waals surface area contributed by atoms with Crippen LogP contribution in [0.2, 0.25) is 0 Å². The number of nitrogens with zero attached hydrogens (tertiary/aromatic N) is 3. The number of hydrogen-bond acceptors (Lipinski definition) is 6. The maximum atomic E-state index is 12.8. The second-order valence-corrected chi connectivity index (χ2v) is 8.57. The fourth-order valence-electron chi connectivity index (χ4n) is 4.28. The van der Waals surface area contributed by atoms with Crippen molar-refractivity contribution in [3.05, 3.63) is 80.8 Å². The number of rotatable bonds is 5. The SMILES string of the molecule is Cc1ccc(Cc2c(C)nc(N3CCN(Cc4ccc5c(c4)OCO5)CC3)[nH]c2=O)cc1. The third-order valence-corrected chi connectivity index (χ3v) is 6.23. The van der Waals surface area contributed by atoms with Gasteiger partial charge in [-0.2, -0.15) is 0 Å². The van der Waals surface area contributed by atoms with Gasteiger partial charge < -0.3 is 14.4 Å². The van der Waals surface area contributed by atoms with E-state index >= 15 is 0 Å². The van der Waals surface area contributed by atoms with Gasteiger partial charge in [-0.15, -0.1) is 0 Å². The standard InChI is InChI=1S/C25H28N4O3/c1-17-3-5-19(6-4-17)13-21-18(2)26-25(27-24(21)30)29-11-9-28(10-12-29)15-20-7-8-22-23(14-20)32-16-31-22/h3-8,14H,9-13,15-16H2,1-2H3,(H,26,27,30). The van der Waals surface area contributed by atoms with Gasteiger partial charge in [0.05, 0.1) is 5.69 Å². The Morgan fingerprint density at radius 2 is 1.66 bits per heavy atom. The summed E-state index contributed by atoms with van der Waals surface area (Å²) < 4.78 is 10.9. The van der Waals surface area contributed by atoms with Crippen molar-refractivity contribution < 1.29 is 9.47 Å². The van der Waals surface area contributed by atoms with E-state index in [4.69, 9.17) is 14.5 Å². The van der Waals surface area contributed by atoms with Crippen LogP contribution in [-0.2, 0) is 13.0 Å². The molecule has 1 N–H and O–H groups in total. The third kappa shape index (κ3) is 4.34. The third-order valence-electron chi connectivity index (χ3n) is 6.23. The van der Waals surface area contributed by atoms with Gasteiger partial charge >= 0.3 is 0 Å². The van der Waals surface area contributed by atoms with Crippen molar-refractivity contribution in [3.8, 4) is 11.5 Å². The van der Waals surface area contributed by atoms with Crippen LogP contribution in [0.3, 0.4) is 0 Å². The minimum Gasteiger partial charge on any atom is -0.454 e. The first-order chi connectivity index (χ1) is 15.5. The Labute approximate surface area is 187 Å². The molecule has 1 aromatic heterocycles. The second kappa shape index (κ2) is 8.67. The summed E-state index contributed by atoms with van der Waals surface area (Å²) in [5.74, 6) is 2.31. The van der Waals surface area contributed by atoms with E-state index in [0.717, 1.165) is 61.0 Å². The lowest BCUT2D eigenvalue weighted by molar-refractivity contribution is 0.174. The highest BCUT2D eigenvalue weighted by Crippen LogP contribution is 2.32. The average molecular weight is 433 g/mol. The van der Waals surface area contributed by atoms with Gasteiger partial charge in [0.15, 0.2) is 11.5 Å². The maximum absolute atomic E-state index is 12.8. The van der Waals surface area contributed by atoms with E-state index in [-0.39, 0.29) is 5.56 Å². The molecule has 0 atom stereocenters. The molecule has 1 saturated heterocycles. The highest BCUT2D eigenvalue weighted by atomic mass is 16.7. The Morgan fingerprint density at radius 1 is 0.938 bits per heavy atom. The Hall–Kier alpha value is -3.32. The van der Waals surface area contributed by atoms with Crippen molar-refractivity contribution in [1.29, 1.82) is 0 Å². The molecule has 3 heterocycles. The molecule has 0 bridgehead atoms. The molecule has 166 valence electrons. The molecule has 32 heavy (non-hydrogen) atoms. The zero-order valence-electron chi connectivity index (χ0n) is 18.6. The summed E-state index contributed by atoms with van der Waals surface area (Å²) in [7, 11) is 0. The minimum atomic E-state index is -0.0455. The van der Waals surface area contributed by atoms with Crippen LogP contribution >= 0.6 is 0 Å². The fourth-order valence-corrected chi connectivity index (χ4v) is 4.28. The summed E-state index contributed by atoms with van der Waals surface area (Å²) in [6.07, 6.45) is 0.595. The van der Waals surface area contributed by atoms with Crippen LogP contribution in [0.15, 0.2) is 47.3 Å². The zero-order chi connectivity index (χ0) is 22.1. The van der Waals surface area contributed by atoms with E-state index in [9.17, 15) is 4.79 Å². The first-order valence-electron chi connectivity index (χ1n) is 11.1. The predicted octanol–water partition coefficient (Wildman–Crippen LogP) is 3.03. The zero-order valence-corrected chi connectivity index (χ0v) is 18.6. The predicted molar refractivity (Wildman–Crippen MR) is 124 cm³/mol. The smallest absolute Gasteiger partial charge is 0.256 e. The van der Waals surface area contributed by atoms with Crippen LogP contribution in [0.1, 0.15) is 27.9 Å². The van der Waals surface area contributed by atoms with Gasteiger partial charge in [0, 0.05) is 44.7 Å². The van der Waals surface area contributed by atoms with Crippen LogP contribution in [0, 0.1) is 13.8 Å². The molecule has 3 aromatic rings. The minimum absolute atomic E-state index is 0.0455. The van der Waals surface area contributed by atoms with Crippen molar-refractivity contribution in [1.82, 2.24) is 14.9 Å². The number of H-pyrrole nitrogens is 1. The summed E-state index contributed by atoms with van der Waals surface area (Å²) >= 11 is 0. The lowest BCUT2D eigenvalue weighted by atomic mass is 10.0. The molecule has 5 rings (SSSR count). The number of aryl methyl sites for hydroxylation is 2. The fraction of sp³-hybridized carbons (Fsp3) is 0.360. The average Bonchev–Trinajstić information content (AvgIpc) is 3.26. The highest BCUT2D eigenvalue weighted by Gasteiger charge is 2.21. The van der Waals surface area contributed by atoms with Crippen molar-refractivity contribution in [2.75, 3.05) is 37.9 Å². The summed E-state index contributed by atoms with van der Waals surface area (Å²) in [5.41, 5.74) is 5.04. The van der Waals surface area contributed by atoms with Crippen molar-refractivity contribution in [2.45, 2.75) is 26.8 Å². The monoisotopic (exact) mass is 432 g/mol. The molecule has 7 nitrogen and oxygen atoms in total. The number of benzene rings is 2. The van der Waals surface area contributed by atoms with Gasteiger partial charge in [-0.3, -0.25) is 14.7 Å². The van der Waals surface area contributed by atoms with E-state index in [1.54, 1.807) is 0 Å². The summed E-state index contributed by atoms with van der Waals surface area (Å²) in [4.78, 5) is 25.2. The quantitative estimate of drug-likeness (QED) is 0.668. The molecule has 2 aliphatic rings. The molecule has 0 spiro atoms. The van der Waals surface area contributed by atoms with Gasteiger partial charge in [0.25, 0.3) is 5.56 Å². The number of aromatic amines is 1. The maximum Gasteiger partial charge on any atom is 0.256 e. The molecule has 0 unspecified atom stereocenters.